The molecular weight excluding hydrogens is 374 g/mol. The summed E-state index contributed by atoms with van der Waals surface area (Å²) >= 11 is 5.20. The van der Waals surface area contributed by atoms with Gasteiger partial charge in [0.15, 0.2) is 10.8 Å². The Morgan fingerprint density at radius 3 is 2.36 bits per heavy atom. The summed E-state index contributed by atoms with van der Waals surface area (Å²) in [6, 6.07) is 16.0. The van der Waals surface area contributed by atoms with Gasteiger partial charge in [-0.3, -0.25) is 19.6 Å². The summed E-state index contributed by atoms with van der Waals surface area (Å²) in [5.74, 6) is -0.717. The van der Waals surface area contributed by atoms with Gasteiger partial charge >= 0.3 is 0 Å². The van der Waals surface area contributed by atoms with E-state index < -0.39 is 5.91 Å². The van der Waals surface area contributed by atoms with Crippen molar-refractivity contribution in [3.63, 3.8) is 0 Å². The molecule has 0 aliphatic heterocycles. The number of anilines is 2. The average Bonchev–Trinajstić information content (AvgIpc) is 3.10. The monoisotopic (exact) mass is 393 g/mol. The first-order chi connectivity index (χ1) is 13.4. The molecule has 3 aromatic rings. The molecule has 2 aromatic carbocycles. The number of aromatic nitrogens is 2. The first-order valence-corrected chi connectivity index (χ1v) is 8.92. The van der Waals surface area contributed by atoms with Crippen molar-refractivity contribution < 1.29 is 9.59 Å². The number of hydrogen-bond donors (Lipinski definition) is 3. The number of amides is 2. The van der Waals surface area contributed by atoms with E-state index in [0.717, 1.165) is 5.56 Å². The molecule has 0 saturated heterocycles. The Kier molecular flexibility index (Phi) is 5.81. The number of rotatable bonds is 4. The Balaban J connectivity index is 1.69. The minimum absolute atomic E-state index is 0.0752. The summed E-state index contributed by atoms with van der Waals surface area (Å²) in [5.41, 5.74) is 2.93. The Hall–Kier alpha value is -3.52. The van der Waals surface area contributed by atoms with Gasteiger partial charge in [0.2, 0.25) is 0 Å². The second-order valence-electron chi connectivity index (χ2n) is 6.15. The van der Waals surface area contributed by atoms with E-state index in [1.807, 2.05) is 31.2 Å². The molecule has 0 aliphatic rings. The molecule has 1 aromatic heterocycles. The lowest BCUT2D eigenvalue weighted by Gasteiger charge is -2.13. The molecule has 7 nitrogen and oxygen atoms in total. The van der Waals surface area contributed by atoms with Crippen LogP contribution in [0.15, 0.2) is 60.8 Å². The summed E-state index contributed by atoms with van der Waals surface area (Å²) in [5, 5.41) is 12.4. The minimum atomic E-state index is -0.431. The molecule has 28 heavy (non-hydrogen) atoms. The number of carbonyl (C=O) groups is 2. The Bertz CT molecular complexity index is 1030. The van der Waals surface area contributed by atoms with E-state index in [4.69, 9.17) is 12.2 Å². The lowest BCUT2D eigenvalue weighted by Crippen LogP contribution is -2.35. The van der Waals surface area contributed by atoms with Gasteiger partial charge in [0.1, 0.15) is 0 Å². The SMILES string of the molecule is Cc1ccc(NC(=O)c2ccccc2NC(=S)NC(=O)c2ccn(C)n2)cc1. The van der Waals surface area contributed by atoms with Gasteiger partial charge in [-0.15, -0.1) is 0 Å². The van der Waals surface area contributed by atoms with E-state index >= 15 is 0 Å². The van der Waals surface area contributed by atoms with E-state index in [9.17, 15) is 9.59 Å². The largest absolute Gasteiger partial charge is 0.332 e. The first kappa shape index (κ1) is 19.2. The van der Waals surface area contributed by atoms with Crippen molar-refractivity contribution in [2.45, 2.75) is 6.92 Å². The number of thiocarbonyl (C=S) groups is 1. The normalized spacial score (nSPS) is 10.2. The van der Waals surface area contributed by atoms with Crippen LogP contribution >= 0.6 is 12.2 Å². The summed E-state index contributed by atoms with van der Waals surface area (Å²) < 4.78 is 1.52. The summed E-state index contributed by atoms with van der Waals surface area (Å²) in [6.45, 7) is 1.98. The standard InChI is InChI=1S/C20H19N5O2S/c1-13-7-9-14(10-8-13)21-18(26)15-5-3-4-6-16(15)22-20(28)23-19(27)17-11-12-25(2)24-17/h3-12H,1-2H3,(H,21,26)(H2,22,23,27,28). The number of para-hydroxylation sites is 1. The highest BCUT2D eigenvalue weighted by atomic mass is 32.1. The molecule has 3 N–H and O–H groups in total. The van der Waals surface area contributed by atoms with Crippen LogP contribution in [0, 0.1) is 6.92 Å². The van der Waals surface area contributed by atoms with Crippen molar-refractivity contribution in [1.29, 1.82) is 0 Å². The number of benzene rings is 2. The Morgan fingerprint density at radius 1 is 0.964 bits per heavy atom. The number of nitrogens with one attached hydrogen (secondary N) is 3. The molecule has 0 spiro atoms. The lowest BCUT2D eigenvalue weighted by atomic mass is 10.1. The van der Waals surface area contributed by atoms with Crippen molar-refractivity contribution in [3.8, 4) is 0 Å². The number of hydrogen-bond acceptors (Lipinski definition) is 4. The molecule has 2 amide bonds. The number of nitrogens with zero attached hydrogens (tertiary/aromatic N) is 2. The topological polar surface area (TPSA) is 88.0 Å². The third-order valence-corrected chi connectivity index (χ3v) is 4.11. The Morgan fingerprint density at radius 2 is 1.68 bits per heavy atom. The minimum Gasteiger partial charge on any atom is -0.332 e. The van der Waals surface area contributed by atoms with E-state index in [1.54, 1.807) is 43.6 Å². The van der Waals surface area contributed by atoms with Crippen LogP contribution in [0.1, 0.15) is 26.4 Å². The molecule has 0 bridgehead atoms. The quantitative estimate of drug-likeness (QED) is 0.593. The maximum absolute atomic E-state index is 12.7. The summed E-state index contributed by atoms with van der Waals surface area (Å²) in [7, 11) is 1.72. The van der Waals surface area contributed by atoms with Crippen LogP contribution in [0.25, 0.3) is 0 Å². The van der Waals surface area contributed by atoms with Gasteiger partial charge in [0, 0.05) is 18.9 Å². The molecule has 1 heterocycles. The highest BCUT2D eigenvalue weighted by molar-refractivity contribution is 7.80. The smallest absolute Gasteiger partial charge is 0.277 e. The van der Waals surface area contributed by atoms with Crippen LogP contribution in [0.2, 0.25) is 0 Å². The fraction of sp³-hybridized carbons (Fsp3) is 0.100. The fourth-order valence-corrected chi connectivity index (χ4v) is 2.68. The lowest BCUT2D eigenvalue weighted by molar-refractivity contribution is 0.0971. The van der Waals surface area contributed by atoms with E-state index in [2.05, 4.69) is 21.0 Å². The Labute approximate surface area is 167 Å². The van der Waals surface area contributed by atoms with Gasteiger partial charge in [-0.1, -0.05) is 29.8 Å². The van der Waals surface area contributed by atoms with Gasteiger partial charge in [-0.25, -0.2) is 0 Å². The van der Waals surface area contributed by atoms with Crippen molar-refractivity contribution in [1.82, 2.24) is 15.1 Å². The predicted molar refractivity (Wildman–Crippen MR) is 112 cm³/mol. The van der Waals surface area contributed by atoms with Gasteiger partial charge in [0.05, 0.1) is 11.3 Å². The molecule has 0 fully saturated rings. The zero-order valence-electron chi connectivity index (χ0n) is 15.4. The zero-order valence-corrected chi connectivity index (χ0v) is 16.2. The van der Waals surface area contributed by atoms with Crippen molar-refractivity contribution in [2.75, 3.05) is 10.6 Å². The fourth-order valence-electron chi connectivity index (χ4n) is 2.48. The van der Waals surface area contributed by atoms with Crippen LogP contribution in [0.3, 0.4) is 0 Å². The van der Waals surface area contributed by atoms with Crippen molar-refractivity contribution in [2.24, 2.45) is 7.05 Å². The van der Waals surface area contributed by atoms with Crippen molar-refractivity contribution in [3.05, 3.63) is 77.6 Å². The van der Waals surface area contributed by atoms with Crippen LogP contribution in [-0.4, -0.2) is 26.7 Å². The van der Waals surface area contributed by atoms with Gasteiger partial charge in [-0.05, 0) is 49.5 Å². The third kappa shape index (κ3) is 4.80. The molecular formula is C20H19N5O2S. The highest BCUT2D eigenvalue weighted by Crippen LogP contribution is 2.18. The third-order valence-electron chi connectivity index (χ3n) is 3.90. The molecule has 0 radical (unpaired) electrons. The molecule has 3 rings (SSSR count). The van der Waals surface area contributed by atoms with Gasteiger partial charge in [-0.2, -0.15) is 5.10 Å². The molecule has 0 aliphatic carbocycles. The zero-order chi connectivity index (χ0) is 20.1. The number of carbonyl (C=O) groups excluding carboxylic acids is 2. The van der Waals surface area contributed by atoms with E-state index in [1.165, 1.54) is 4.68 Å². The first-order valence-electron chi connectivity index (χ1n) is 8.51. The molecule has 0 atom stereocenters. The molecule has 0 saturated carbocycles. The maximum atomic E-state index is 12.7. The van der Waals surface area contributed by atoms with Crippen LogP contribution in [-0.2, 0) is 7.05 Å². The molecule has 8 heteroatoms. The second-order valence-corrected chi connectivity index (χ2v) is 6.56. The van der Waals surface area contributed by atoms with Crippen LogP contribution in [0.4, 0.5) is 11.4 Å². The summed E-state index contributed by atoms with van der Waals surface area (Å²) in [6.07, 6.45) is 1.66. The highest BCUT2D eigenvalue weighted by Gasteiger charge is 2.15. The van der Waals surface area contributed by atoms with E-state index in [0.29, 0.717) is 16.9 Å². The average molecular weight is 393 g/mol. The predicted octanol–water partition coefficient (Wildman–Crippen LogP) is 3.11. The molecule has 0 unspecified atom stereocenters. The summed E-state index contributed by atoms with van der Waals surface area (Å²) in [4.78, 5) is 24.8. The van der Waals surface area contributed by atoms with Crippen LogP contribution in [0.5, 0.6) is 0 Å². The van der Waals surface area contributed by atoms with Gasteiger partial charge in [0.25, 0.3) is 11.8 Å². The molecule has 142 valence electrons. The van der Waals surface area contributed by atoms with E-state index in [-0.39, 0.29) is 16.7 Å². The number of aryl methyl sites for hydroxylation is 2. The maximum Gasteiger partial charge on any atom is 0.277 e. The van der Waals surface area contributed by atoms with Crippen LogP contribution < -0.4 is 16.0 Å². The second kappa shape index (κ2) is 8.45. The van der Waals surface area contributed by atoms with Gasteiger partial charge < -0.3 is 10.6 Å². The van der Waals surface area contributed by atoms with Crippen molar-refractivity contribution >= 4 is 40.5 Å².